The van der Waals surface area contributed by atoms with Crippen molar-refractivity contribution in [2.24, 2.45) is 11.7 Å². The van der Waals surface area contributed by atoms with Gasteiger partial charge in [-0.15, -0.1) is 0 Å². The lowest BCUT2D eigenvalue weighted by atomic mass is 9.81. The normalized spacial score (nSPS) is 19.7. The molecule has 0 radical (unpaired) electrons. The molecule has 134 valence electrons. The summed E-state index contributed by atoms with van der Waals surface area (Å²) >= 11 is 0. The predicted molar refractivity (Wildman–Crippen MR) is 99.8 cm³/mol. The topological polar surface area (TPSA) is 61.5 Å². The smallest absolute Gasteiger partial charge is 0.171 e. The average molecular weight is 349 g/mol. The first-order valence-corrected chi connectivity index (χ1v) is 9.18. The summed E-state index contributed by atoms with van der Waals surface area (Å²) in [6.07, 6.45) is 5.70. The molecular formula is C22H23NO3. The lowest BCUT2D eigenvalue weighted by Gasteiger charge is -2.29. The average Bonchev–Trinajstić information content (AvgIpc) is 2.62. The van der Waals surface area contributed by atoms with Crippen LogP contribution in [-0.2, 0) is 20.9 Å². The highest BCUT2D eigenvalue weighted by Crippen LogP contribution is 2.39. The van der Waals surface area contributed by atoms with Gasteiger partial charge in [0.05, 0.1) is 5.57 Å². The van der Waals surface area contributed by atoms with Crippen LogP contribution in [0.25, 0.3) is 5.57 Å². The highest BCUT2D eigenvalue weighted by atomic mass is 16.5. The van der Waals surface area contributed by atoms with E-state index >= 15 is 0 Å². The molecule has 3 aliphatic rings. The Bertz CT molecular complexity index is 877. The molecule has 1 fully saturated rings. The van der Waals surface area contributed by atoms with Crippen molar-refractivity contribution >= 4 is 11.4 Å². The molecule has 0 spiro atoms. The number of hydrogen-bond donors (Lipinski definition) is 1. The van der Waals surface area contributed by atoms with E-state index in [1.54, 1.807) is 0 Å². The lowest BCUT2D eigenvalue weighted by molar-refractivity contribution is -0.113. The standard InChI is InChI=1S/C22H23NO3/c1-14-8-16(2-5-23)10-18-13-26-20-12-17(9-15-3-6-25-7-4-15)11-19(24)22(20)21(14)18/h8,10,12,15H,3-4,6-7,9,11,13,23H2,1H3. The molecule has 2 heterocycles. The number of carbonyl (C=O) groups excluding carboxylic acids is 1. The Hall–Kier alpha value is -2.51. The van der Waals surface area contributed by atoms with Crippen molar-refractivity contribution in [2.45, 2.75) is 39.2 Å². The van der Waals surface area contributed by atoms with E-state index in [-0.39, 0.29) is 5.78 Å². The number of nitrogens with two attached hydrogens (primary N) is 1. The van der Waals surface area contributed by atoms with Crippen LogP contribution in [0.5, 0.6) is 0 Å². The third-order valence-electron chi connectivity index (χ3n) is 5.41. The minimum Gasteiger partial charge on any atom is -0.488 e. The van der Waals surface area contributed by atoms with Gasteiger partial charge >= 0.3 is 0 Å². The Balaban J connectivity index is 1.68. The van der Waals surface area contributed by atoms with Crippen molar-refractivity contribution in [2.75, 3.05) is 13.2 Å². The lowest BCUT2D eigenvalue weighted by Crippen LogP contribution is -2.21. The fourth-order valence-electron chi connectivity index (χ4n) is 4.21. The van der Waals surface area contributed by atoms with Crippen molar-refractivity contribution in [3.8, 4) is 12.0 Å². The molecule has 0 bridgehead atoms. The quantitative estimate of drug-likeness (QED) is 0.658. The maximum Gasteiger partial charge on any atom is 0.171 e. The summed E-state index contributed by atoms with van der Waals surface area (Å²) in [6.45, 7) is 4.14. The summed E-state index contributed by atoms with van der Waals surface area (Å²) < 4.78 is 11.4. The van der Waals surface area contributed by atoms with Crippen LogP contribution in [0, 0.1) is 24.8 Å². The van der Waals surface area contributed by atoms with E-state index in [9.17, 15) is 4.79 Å². The Morgan fingerprint density at radius 2 is 2.08 bits per heavy atom. The van der Waals surface area contributed by atoms with Gasteiger partial charge in [-0.3, -0.25) is 4.79 Å². The minimum atomic E-state index is 0.159. The Morgan fingerprint density at radius 1 is 1.27 bits per heavy atom. The van der Waals surface area contributed by atoms with Gasteiger partial charge in [-0.1, -0.05) is 5.57 Å². The third kappa shape index (κ3) is 3.15. The molecule has 0 unspecified atom stereocenters. The van der Waals surface area contributed by atoms with E-state index in [0.717, 1.165) is 66.1 Å². The second-order valence-corrected chi connectivity index (χ2v) is 7.29. The molecular weight excluding hydrogens is 326 g/mol. The second kappa shape index (κ2) is 7.01. The van der Waals surface area contributed by atoms with Crippen molar-refractivity contribution in [3.63, 3.8) is 0 Å². The summed E-state index contributed by atoms with van der Waals surface area (Å²) in [4.78, 5) is 13.0. The van der Waals surface area contributed by atoms with Crippen LogP contribution in [0.2, 0.25) is 0 Å². The third-order valence-corrected chi connectivity index (χ3v) is 5.41. The second-order valence-electron chi connectivity index (χ2n) is 7.29. The number of allylic oxidation sites excluding steroid dienone is 3. The van der Waals surface area contributed by atoms with Crippen LogP contribution in [0.4, 0.5) is 0 Å². The van der Waals surface area contributed by atoms with Crippen LogP contribution in [-0.4, -0.2) is 19.0 Å². The number of aryl methyl sites for hydroxylation is 1. The number of Topliss-reactive ketones (excluding diaryl/α,β-unsaturated/α-hetero) is 1. The largest absolute Gasteiger partial charge is 0.488 e. The fraction of sp³-hybridized carbons (Fsp3) is 0.409. The minimum absolute atomic E-state index is 0.159. The summed E-state index contributed by atoms with van der Waals surface area (Å²) in [5, 5.41) is 0. The monoisotopic (exact) mass is 349 g/mol. The van der Waals surface area contributed by atoms with Gasteiger partial charge in [-0.05, 0) is 72.9 Å². The van der Waals surface area contributed by atoms with Gasteiger partial charge in [0.1, 0.15) is 12.4 Å². The molecule has 2 N–H and O–H groups in total. The molecule has 0 amide bonds. The van der Waals surface area contributed by atoms with Gasteiger partial charge in [-0.2, -0.15) is 0 Å². The molecule has 1 saturated heterocycles. The van der Waals surface area contributed by atoms with Gasteiger partial charge in [0, 0.05) is 31.2 Å². The first kappa shape index (κ1) is 16.9. The molecule has 2 aliphatic heterocycles. The molecule has 4 heteroatoms. The van der Waals surface area contributed by atoms with E-state index < -0.39 is 0 Å². The van der Waals surface area contributed by atoms with E-state index in [1.807, 2.05) is 19.1 Å². The van der Waals surface area contributed by atoms with Gasteiger partial charge in [0.2, 0.25) is 0 Å². The van der Waals surface area contributed by atoms with Crippen molar-refractivity contribution in [3.05, 3.63) is 51.8 Å². The predicted octanol–water partition coefficient (Wildman–Crippen LogP) is 3.22. The molecule has 26 heavy (non-hydrogen) atoms. The van der Waals surface area contributed by atoms with Crippen molar-refractivity contribution in [1.29, 1.82) is 0 Å². The number of rotatable bonds is 2. The summed E-state index contributed by atoms with van der Waals surface area (Å²) in [7, 11) is 0. The van der Waals surface area contributed by atoms with E-state index in [0.29, 0.717) is 18.9 Å². The molecule has 0 saturated carbocycles. The van der Waals surface area contributed by atoms with Gasteiger partial charge in [0.25, 0.3) is 0 Å². The number of fused-ring (bicyclic) bond motifs is 2. The maximum absolute atomic E-state index is 13.0. The zero-order valence-electron chi connectivity index (χ0n) is 15.1. The van der Waals surface area contributed by atoms with Crippen LogP contribution in [0.3, 0.4) is 0 Å². The number of hydrogen-bond acceptors (Lipinski definition) is 4. The van der Waals surface area contributed by atoms with Gasteiger partial charge < -0.3 is 15.2 Å². The Kier molecular flexibility index (Phi) is 4.57. The van der Waals surface area contributed by atoms with Gasteiger partial charge in [-0.25, -0.2) is 0 Å². The summed E-state index contributed by atoms with van der Waals surface area (Å²) in [5.41, 5.74) is 11.2. The molecule has 4 rings (SSSR count). The fourth-order valence-corrected chi connectivity index (χ4v) is 4.21. The maximum atomic E-state index is 13.0. The molecule has 4 nitrogen and oxygen atoms in total. The summed E-state index contributed by atoms with van der Waals surface area (Å²) in [5.74, 6) is 4.39. The number of benzene rings is 1. The molecule has 0 aromatic heterocycles. The zero-order chi connectivity index (χ0) is 18.1. The number of ether oxygens (including phenoxy) is 2. The molecule has 1 aliphatic carbocycles. The molecule has 1 aromatic rings. The SMILES string of the molecule is Cc1cc(C#CN)cc2c1C1=C(C=C(CC3CCOCC3)CC1=O)OC2. The van der Waals surface area contributed by atoms with Crippen LogP contribution in [0.15, 0.2) is 29.5 Å². The first-order valence-electron chi connectivity index (χ1n) is 9.18. The zero-order valence-corrected chi connectivity index (χ0v) is 15.1. The van der Waals surface area contributed by atoms with E-state index in [2.05, 4.69) is 18.0 Å². The first-order chi connectivity index (χ1) is 12.7. The Labute approximate surface area is 154 Å². The van der Waals surface area contributed by atoms with Crippen LogP contribution < -0.4 is 5.73 Å². The highest BCUT2D eigenvalue weighted by Gasteiger charge is 2.31. The number of ketones is 1. The van der Waals surface area contributed by atoms with E-state index in [1.165, 1.54) is 5.57 Å². The van der Waals surface area contributed by atoms with Gasteiger partial charge in [0.15, 0.2) is 5.78 Å². The van der Waals surface area contributed by atoms with Crippen LogP contribution in [0.1, 0.15) is 47.9 Å². The van der Waals surface area contributed by atoms with Crippen LogP contribution >= 0.6 is 0 Å². The molecule has 0 atom stereocenters. The Morgan fingerprint density at radius 3 is 2.85 bits per heavy atom. The van der Waals surface area contributed by atoms with Crippen molar-refractivity contribution < 1.29 is 14.3 Å². The van der Waals surface area contributed by atoms with Crippen molar-refractivity contribution in [1.82, 2.24) is 0 Å². The number of carbonyl (C=O) groups is 1. The molecule has 1 aromatic carbocycles. The van der Waals surface area contributed by atoms with E-state index in [4.69, 9.17) is 15.2 Å². The highest BCUT2D eigenvalue weighted by molar-refractivity contribution is 6.24. The summed E-state index contributed by atoms with van der Waals surface area (Å²) in [6, 6.07) is 6.40.